The van der Waals surface area contributed by atoms with E-state index in [1.165, 1.54) is 0 Å². The Kier molecular flexibility index (Phi) is 4.64. The monoisotopic (exact) mass is 357 g/mol. The highest BCUT2D eigenvalue weighted by Gasteiger charge is 2.44. The van der Waals surface area contributed by atoms with Gasteiger partial charge in [-0.3, -0.25) is 4.90 Å². The number of carbonyl (C=O) groups is 1. The van der Waals surface area contributed by atoms with E-state index >= 15 is 0 Å². The zero-order valence-electron chi connectivity index (χ0n) is 13.3. The van der Waals surface area contributed by atoms with Crippen molar-refractivity contribution in [2.45, 2.75) is 43.7 Å². The number of carbonyl (C=O) groups excluding carboxylic acids is 1. The van der Waals surface area contributed by atoms with Crippen LogP contribution in [0.4, 0.5) is 23.7 Å². The van der Waals surface area contributed by atoms with Gasteiger partial charge in [0.25, 0.3) is 0 Å². The number of nitrogens with zero attached hydrogens (tertiary/aromatic N) is 1. The Bertz CT molecular complexity index is 676. The van der Waals surface area contributed by atoms with Gasteiger partial charge < -0.3 is 14.6 Å². The van der Waals surface area contributed by atoms with Crippen LogP contribution in [0.2, 0.25) is 0 Å². The van der Waals surface area contributed by atoms with Crippen LogP contribution in [0.1, 0.15) is 18.4 Å². The minimum Gasteiger partial charge on any atom is -0.493 e. The second-order valence-corrected chi connectivity index (χ2v) is 6.05. The van der Waals surface area contributed by atoms with Crippen LogP contribution in [0.25, 0.3) is 0 Å². The van der Waals surface area contributed by atoms with Crippen LogP contribution in [-0.2, 0) is 11.2 Å². The summed E-state index contributed by atoms with van der Waals surface area (Å²) in [7, 11) is 0. The molecule has 3 atom stereocenters. The molecule has 5 nitrogen and oxygen atoms in total. The van der Waals surface area contributed by atoms with Gasteiger partial charge >= 0.3 is 12.3 Å². The lowest BCUT2D eigenvalue weighted by atomic mass is 9.93. The molecule has 1 fully saturated rings. The van der Waals surface area contributed by atoms with Gasteiger partial charge in [-0.15, -0.1) is 0 Å². The summed E-state index contributed by atoms with van der Waals surface area (Å²) in [5.74, 6) is 0.402. The van der Waals surface area contributed by atoms with E-state index in [0.717, 1.165) is 5.56 Å². The van der Waals surface area contributed by atoms with Gasteiger partial charge in [0.1, 0.15) is 11.9 Å². The highest BCUT2D eigenvalue weighted by atomic mass is 19.4. The van der Waals surface area contributed by atoms with E-state index in [2.05, 4.69) is 6.58 Å². The number of aliphatic hydroxyl groups excluding tert-OH is 1. The lowest BCUT2D eigenvalue weighted by molar-refractivity contribution is -0.206. The van der Waals surface area contributed by atoms with Crippen molar-refractivity contribution < 1.29 is 32.5 Å². The molecule has 0 aliphatic carbocycles. The molecule has 0 aromatic heterocycles. The lowest BCUT2D eigenvalue weighted by Gasteiger charge is -2.30. The van der Waals surface area contributed by atoms with Crippen molar-refractivity contribution in [3.05, 3.63) is 36.4 Å². The summed E-state index contributed by atoms with van der Waals surface area (Å²) in [5, 5.41) is 8.96. The normalized spacial score (nSPS) is 23.5. The van der Waals surface area contributed by atoms with Crippen molar-refractivity contribution in [2.75, 3.05) is 11.5 Å². The predicted octanol–water partition coefficient (Wildman–Crippen LogP) is 3.20. The summed E-state index contributed by atoms with van der Waals surface area (Å²) in [6.07, 6.45) is -5.37. The number of ether oxygens (including phenoxy) is 2. The first-order chi connectivity index (χ1) is 11.8. The molecule has 0 radical (unpaired) electrons. The number of cyclic esters (lactones) is 1. The third-order valence-corrected chi connectivity index (χ3v) is 4.43. The van der Waals surface area contributed by atoms with Crippen LogP contribution in [0, 0.1) is 0 Å². The van der Waals surface area contributed by atoms with Crippen molar-refractivity contribution in [2.24, 2.45) is 0 Å². The fraction of sp³-hybridized carbons (Fsp3) is 0.471. The highest BCUT2D eigenvalue weighted by molar-refractivity contribution is 5.92. The molecule has 8 heteroatoms. The lowest BCUT2D eigenvalue weighted by Crippen LogP contribution is -2.39. The van der Waals surface area contributed by atoms with Crippen molar-refractivity contribution >= 4 is 11.8 Å². The minimum absolute atomic E-state index is 0.0915. The Morgan fingerprint density at radius 1 is 1.48 bits per heavy atom. The molecule has 136 valence electrons. The zero-order valence-corrected chi connectivity index (χ0v) is 13.3. The summed E-state index contributed by atoms with van der Waals surface area (Å²) < 4.78 is 47.4. The molecule has 1 aromatic carbocycles. The SMILES string of the molecule is C=CC1OC(=O)N2c3ccc(OCC[C@H](O)C(F)(F)F)cc3CCC12. The van der Waals surface area contributed by atoms with Crippen LogP contribution in [0.3, 0.4) is 0 Å². The van der Waals surface area contributed by atoms with Crippen LogP contribution in [0.5, 0.6) is 5.75 Å². The number of aliphatic hydroxyl groups is 1. The smallest absolute Gasteiger partial charge is 0.415 e. The maximum atomic E-state index is 12.3. The molecule has 1 saturated heterocycles. The van der Waals surface area contributed by atoms with Crippen molar-refractivity contribution in [1.82, 2.24) is 0 Å². The predicted molar refractivity (Wildman–Crippen MR) is 83.7 cm³/mol. The molecule has 2 heterocycles. The first-order valence-electron chi connectivity index (χ1n) is 7.94. The molecule has 25 heavy (non-hydrogen) atoms. The molecule has 2 aliphatic heterocycles. The molecule has 0 saturated carbocycles. The van der Waals surface area contributed by atoms with Gasteiger partial charge in [0, 0.05) is 6.42 Å². The Hall–Kier alpha value is -2.22. The second kappa shape index (κ2) is 6.59. The number of benzene rings is 1. The summed E-state index contributed by atoms with van der Waals surface area (Å²) in [6, 6.07) is 4.91. The topological polar surface area (TPSA) is 59.0 Å². The summed E-state index contributed by atoms with van der Waals surface area (Å²) in [4.78, 5) is 13.6. The van der Waals surface area contributed by atoms with Gasteiger partial charge in [-0.05, 0) is 42.7 Å². The summed E-state index contributed by atoms with van der Waals surface area (Å²) in [6.45, 7) is 3.42. The molecule has 1 N–H and O–H groups in total. The second-order valence-electron chi connectivity index (χ2n) is 6.05. The van der Waals surface area contributed by atoms with E-state index in [1.54, 1.807) is 29.2 Å². The quantitative estimate of drug-likeness (QED) is 0.822. The number of fused-ring (bicyclic) bond motifs is 3. The van der Waals surface area contributed by atoms with Gasteiger partial charge in [0.2, 0.25) is 0 Å². The van der Waals surface area contributed by atoms with Crippen LogP contribution < -0.4 is 9.64 Å². The number of hydrogen-bond donors (Lipinski definition) is 1. The fourth-order valence-electron chi connectivity index (χ4n) is 3.15. The maximum absolute atomic E-state index is 12.3. The third-order valence-electron chi connectivity index (χ3n) is 4.43. The minimum atomic E-state index is -4.65. The molecule has 0 spiro atoms. The van der Waals surface area contributed by atoms with E-state index < -0.39 is 24.8 Å². The van der Waals surface area contributed by atoms with Gasteiger partial charge in [-0.2, -0.15) is 13.2 Å². The zero-order chi connectivity index (χ0) is 18.2. The number of alkyl halides is 3. The van der Waals surface area contributed by atoms with E-state index in [1.807, 2.05) is 0 Å². The number of halogens is 3. The van der Waals surface area contributed by atoms with Crippen molar-refractivity contribution in [3.8, 4) is 5.75 Å². The Balaban J connectivity index is 1.68. The van der Waals surface area contributed by atoms with Crippen LogP contribution >= 0.6 is 0 Å². The van der Waals surface area contributed by atoms with Gasteiger partial charge in [0.15, 0.2) is 6.10 Å². The largest absolute Gasteiger partial charge is 0.493 e. The molecule has 0 bridgehead atoms. The number of hydrogen-bond acceptors (Lipinski definition) is 4. The van der Waals surface area contributed by atoms with Crippen molar-refractivity contribution in [3.63, 3.8) is 0 Å². The van der Waals surface area contributed by atoms with Gasteiger partial charge in [-0.1, -0.05) is 6.58 Å². The summed E-state index contributed by atoms with van der Waals surface area (Å²) >= 11 is 0. The van der Waals surface area contributed by atoms with E-state index in [0.29, 0.717) is 24.3 Å². The molecule has 2 aliphatic rings. The standard InChI is InChI=1S/C17H18F3NO4/c1-2-14-13-5-3-10-9-11(24-8-7-15(22)17(18,19)20)4-6-12(10)21(13)16(23)25-14/h2,4,6,9,13-15,22H,1,3,5,7-8H2/t13?,14?,15-/m0/s1. The van der Waals surface area contributed by atoms with Gasteiger partial charge in [0.05, 0.1) is 18.3 Å². The molecular weight excluding hydrogens is 339 g/mol. The van der Waals surface area contributed by atoms with E-state index in [-0.39, 0.29) is 18.8 Å². The number of rotatable bonds is 5. The van der Waals surface area contributed by atoms with E-state index in [4.69, 9.17) is 14.6 Å². The van der Waals surface area contributed by atoms with Crippen molar-refractivity contribution in [1.29, 1.82) is 0 Å². The van der Waals surface area contributed by atoms with Gasteiger partial charge in [-0.25, -0.2) is 4.79 Å². The number of aryl methyl sites for hydroxylation is 1. The Labute approximate surface area is 142 Å². The first-order valence-corrected chi connectivity index (χ1v) is 7.94. The molecule has 3 rings (SSSR count). The average Bonchev–Trinajstić information content (AvgIpc) is 2.90. The molecular formula is C17H18F3NO4. The van der Waals surface area contributed by atoms with E-state index in [9.17, 15) is 18.0 Å². The average molecular weight is 357 g/mol. The third kappa shape index (κ3) is 3.44. The number of amides is 1. The maximum Gasteiger partial charge on any atom is 0.415 e. The fourth-order valence-corrected chi connectivity index (χ4v) is 3.15. The molecule has 2 unspecified atom stereocenters. The molecule has 1 aromatic rings. The Morgan fingerprint density at radius 3 is 2.92 bits per heavy atom. The van der Waals surface area contributed by atoms with Crippen LogP contribution in [-0.4, -0.2) is 42.2 Å². The Morgan fingerprint density at radius 2 is 2.24 bits per heavy atom. The number of anilines is 1. The summed E-state index contributed by atoms with van der Waals surface area (Å²) in [5.41, 5.74) is 1.58. The van der Waals surface area contributed by atoms with Crippen LogP contribution in [0.15, 0.2) is 30.9 Å². The molecule has 1 amide bonds. The first kappa shape index (κ1) is 17.6. The highest BCUT2D eigenvalue weighted by Crippen LogP contribution is 2.39.